The van der Waals surface area contributed by atoms with Crippen molar-refractivity contribution >= 4 is 11.3 Å². The molecule has 0 spiro atoms. The minimum Gasteiger partial charge on any atom is -0.313 e. The smallest absolute Gasteiger partial charge is 0.0119 e. The van der Waals surface area contributed by atoms with Gasteiger partial charge in [-0.25, -0.2) is 0 Å². The number of hydrogen-bond donors (Lipinski definition) is 1. The molecule has 0 aliphatic heterocycles. The summed E-state index contributed by atoms with van der Waals surface area (Å²) < 4.78 is 0. The normalized spacial score (nSPS) is 20.0. The highest BCUT2D eigenvalue weighted by atomic mass is 32.1. The molecule has 1 aromatic heterocycles. The van der Waals surface area contributed by atoms with Gasteiger partial charge in [0.25, 0.3) is 0 Å². The van der Waals surface area contributed by atoms with E-state index in [1.165, 1.54) is 17.7 Å². The fraction of sp³-hybridized carbons (Fsp3) is 0.714. The summed E-state index contributed by atoms with van der Waals surface area (Å²) in [6.45, 7) is 8.13. The van der Waals surface area contributed by atoms with Gasteiger partial charge in [-0.3, -0.25) is 0 Å². The maximum absolute atomic E-state index is 3.78. The minimum atomic E-state index is 0.653. The molecule has 1 nitrogen and oxygen atoms in total. The van der Waals surface area contributed by atoms with Gasteiger partial charge in [0, 0.05) is 23.4 Å². The Labute approximate surface area is 103 Å². The first-order chi connectivity index (χ1) is 7.68. The SMILES string of the molecule is CC(CNC(C(C)C)C1CC1)c1cccs1. The Morgan fingerprint density at radius 1 is 1.38 bits per heavy atom. The van der Waals surface area contributed by atoms with Crippen LogP contribution in [-0.2, 0) is 0 Å². The van der Waals surface area contributed by atoms with E-state index in [2.05, 4.69) is 43.6 Å². The van der Waals surface area contributed by atoms with Crippen LogP contribution in [0.15, 0.2) is 17.5 Å². The van der Waals surface area contributed by atoms with Crippen LogP contribution in [0.3, 0.4) is 0 Å². The van der Waals surface area contributed by atoms with E-state index in [0.29, 0.717) is 5.92 Å². The summed E-state index contributed by atoms with van der Waals surface area (Å²) in [5.74, 6) is 2.37. The molecule has 1 saturated carbocycles. The van der Waals surface area contributed by atoms with E-state index >= 15 is 0 Å². The van der Waals surface area contributed by atoms with Crippen LogP contribution in [0.2, 0.25) is 0 Å². The zero-order valence-electron chi connectivity index (χ0n) is 10.6. The monoisotopic (exact) mass is 237 g/mol. The highest BCUT2D eigenvalue weighted by Crippen LogP contribution is 2.36. The molecule has 1 aliphatic carbocycles. The Kier molecular flexibility index (Phi) is 4.04. The van der Waals surface area contributed by atoms with E-state index in [9.17, 15) is 0 Å². The Bertz CT molecular complexity index is 299. The van der Waals surface area contributed by atoms with E-state index in [1.807, 2.05) is 11.3 Å². The molecule has 1 N–H and O–H groups in total. The molecule has 2 unspecified atom stereocenters. The van der Waals surface area contributed by atoms with Crippen LogP contribution in [0.5, 0.6) is 0 Å². The van der Waals surface area contributed by atoms with Crippen molar-refractivity contribution in [1.82, 2.24) is 5.32 Å². The molecule has 1 heterocycles. The topological polar surface area (TPSA) is 12.0 Å². The summed E-state index contributed by atoms with van der Waals surface area (Å²) in [7, 11) is 0. The molecular formula is C14H23NS. The number of hydrogen-bond acceptors (Lipinski definition) is 2. The van der Waals surface area contributed by atoms with Gasteiger partial charge in [0.15, 0.2) is 0 Å². The molecule has 0 bridgehead atoms. The molecule has 0 radical (unpaired) electrons. The molecule has 1 aromatic rings. The molecule has 0 aromatic carbocycles. The van der Waals surface area contributed by atoms with Crippen LogP contribution >= 0.6 is 11.3 Å². The quantitative estimate of drug-likeness (QED) is 0.792. The first-order valence-corrected chi connectivity index (χ1v) is 7.33. The van der Waals surface area contributed by atoms with Crippen molar-refractivity contribution in [2.45, 2.75) is 45.6 Å². The lowest BCUT2D eigenvalue weighted by Gasteiger charge is -2.24. The highest BCUT2D eigenvalue weighted by molar-refractivity contribution is 7.10. The predicted molar refractivity (Wildman–Crippen MR) is 72.1 cm³/mol. The van der Waals surface area contributed by atoms with Gasteiger partial charge >= 0.3 is 0 Å². The Hall–Kier alpha value is -0.340. The van der Waals surface area contributed by atoms with Crippen molar-refractivity contribution in [2.24, 2.45) is 11.8 Å². The molecule has 1 fully saturated rings. The maximum Gasteiger partial charge on any atom is 0.0119 e. The van der Waals surface area contributed by atoms with Crippen LogP contribution in [0.4, 0.5) is 0 Å². The molecule has 2 atom stereocenters. The van der Waals surface area contributed by atoms with Gasteiger partial charge in [-0.15, -0.1) is 11.3 Å². The molecule has 1 aliphatic rings. The third-order valence-corrected chi connectivity index (χ3v) is 4.64. The molecule has 2 heteroatoms. The van der Waals surface area contributed by atoms with E-state index in [0.717, 1.165) is 24.4 Å². The summed E-state index contributed by atoms with van der Waals surface area (Å²) in [5, 5.41) is 5.95. The Morgan fingerprint density at radius 3 is 2.62 bits per heavy atom. The third-order valence-electron chi connectivity index (χ3n) is 3.54. The van der Waals surface area contributed by atoms with Crippen molar-refractivity contribution in [3.05, 3.63) is 22.4 Å². The van der Waals surface area contributed by atoms with Crippen LogP contribution < -0.4 is 5.32 Å². The fourth-order valence-corrected chi connectivity index (χ4v) is 3.17. The van der Waals surface area contributed by atoms with Crippen LogP contribution in [0, 0.1) is 11.8 Å². The number of rotatable bonds is 6. The van der Waals surface area contributed by atoms with Gasteiger partial charge in [-0.2, -0.15) is 0 Å². The first-order valence-electron chi connectivity index (χ1n) is 6.45. The fourth-order valence-electron chi connectivity index (χ4n) is 2.39. The summed E-state index contributed by atoms with van der Waals surface area (Å²) in [6, 6.07) is 5.14. The molecule has 0 amide bonds. The van der Waals surface area contributed by atoms with Gasteiger partial charge < -0.3 is 5.32 Å². The van der Waals surface area contributed by atoms with Crippen molar-refractivity contribution in [2.75, 3.05) is 6.54 Å². The van der Waals surface area contributed by atoms with E-state index in [4.69, 9.17) is 0 Å². The van der Waals surface area contributed by atoms with Gasteiger partial charge in [0.1, 0.15) is 0 Å². The standard InChI is InChI=1S/C14H23NS/c1-10(2)14(12-6-7-12)15-9-11(3)13-5-4-8-16-13/h4-5,8,10-12,14-15H,6-7,9H2,1-3H3. The lowest BCUT2D eigenvalue weighted by molar-refractivity contribution is 0.355. The van der Waals surface area contributed by atoms with Gasteiger partial charge in [0.05, 0.1) is 0 Å². The van der Waals surface area contributed by atoms with Crippen LogP contribution in [0.1, 0.15) is 44.4 Å². The maximum atomic E-state index is 3.78. The second-order valence-electron chi connectivity index (χ2n) is 5.43. The molecule has 0 saturated heterocycles. The zero-order valence-corrected chi connectivity index (χ0v) is 11.4. The summed E-state index contributed by atoms with van der Waals surface area (Å²) >= 11 is 1.88. The second kappa shape index (κ2) is 5.33. The molecule has 90 valence electrons. The van der Waals surface area contributed by atoms with Crippen molar-refractivity contribution in [3.63, 3.8) is 0 Å². The average Bonchev–Trinajstić information content (AvgIpc) is 2.93. The van der Waals surface area contributed by atoms with Gasteiger partial charge in [-0.1, -0.05) is 26.8 Å². The summed E-state index contributed by atoms with van der Waals surface area (Å²) in [5.41, 5.74) is 0. The number of thiophene rings is 1. The van der Waals surface area contributed by atoms with Crippen LogP contribution in [-0.4, -0.2) is 12.6 Å². The van der Waals surface area contributed by atoms with Gasteiger partial charge in [0.2, 0.25) is 0 Å². The van der Waals surface area contributed by atoms with Crippen molar-refractivity contribution in [1.29, 1.82) is 0 Å². The van der Waals surface area contributed by atoms with E-state index < -0.39 is 0 Å². The second-order valence-corrected chi connectivity index (χ2v) is 6.41. The average molecular weight is 237 g/mol. The summed E-state index contributed by atoms with van der Waals surface area (Å²) in [6.07, 6.45) is 2.87. The van der Waals surface area contributed by atoms with E-state index in [-0.39, 0.29) is 0 Å². The van der Waals surface area contributed by atoms with Crippen LogP contribution in [0.25, 0.3) is 0 Å². The Balaban J connectivity index is 1.81. The van der Waals surface area contributed by atoms with Crippen molar-refractivity contribution in [3.8, 4) is 0 Å². The molecular weight excluding hydrogens is 214 g/mol. The zero-order chi connectivity index (χ0) is 11.5. The lowest BCUT2D eigenvalue weighted by atomic mass is 9.98. The van der Waals surface area contributed by atoms with E-state index in [1.54, 1.807) is 0 Å². The molecule has 16 heavy (non-hydrogen) atoms. The summed E-state index contributed by atoms with van der Waals surface area (Å²) in [4.78, 5) is 1.51. The molecule has 2 rings (SSSR count). The largest absolute Gasteiger partial charge is 0.313 e. The van der Waals surface area contributed by atoms with Gasteiger partial charge in [-0.05, 0) is 36.1 Å². The first kappa shape index (κ1) is 12.1. The minimum absolute atomic E-state index is 0.653. The Morgan fingerprint density at radius 2 is 2.12 bits per heavy atom. The highest BCUT2D eigenvalue weighted by Gasteiger charge is 2.32. The van der Waals surface area contributed by atoms with Crippen molar-refractivity contribution < 1.29 is 0 Å². The third kappa shape index (κ3) is 3.08. The predicted octanol–water partition coefficient (Wildman–Crippen LogP) is 3.88. The number of nitrogens with one attached hydrogen (secondary N) is 1. The lowest BCUT2D eigenvalue weighted by Crippen LogP contribution is -2.37.